The summed E-state index contributed by atoms with van der Waals surface area (Å²) in [7, 11) is 1.58. The molecule has 0 atom stereocenters. The van der Waals surface area contributed by atoms with Crippen LogP contribution >= 0.6 is 11.6 Å². The van der Waals surface area contributed by atoms with E-state index >= 15 is 0 Å². The topological polar surface area (TPSA) is 25.2 Å². The first-order valence-corrected chi connectivity index (χ1v) is 3.34. The van der Waals surface area contributed by atoms with E-state index < -0.39 is 5.82 Å². The molecule has 1 rings (SSSR count). The molecule has 1 aromatic heterocycles. The largest absolute Gasteiger partial charge is 0.296 e. The predicted octanol–water partition coefficient (Wildman–Crippen LogP) is 1.92. The van der Waals surface area contributed by atoms with E-state index in [2.05, 4.69) is 9.98 Å². The van der Waals surface area contributed by atoms with Crippen LogP contribution in [0.15, 0.2) is 17.4 Å². The van der Waals surface area contributed by atoms with Crippen molar-refractivity contribution in [2.24, 2.45) is 4.99 Å². The second-order valence-electron chi connectivity index (χ2n) is 1.91. The number of pyridine rings is 1. The summed E-state index contributed by atoms with van der Waals surface area (Å²) in [5.74, 6) is -0.524. The van der Waals surface area contributed by atoms with Crippen molar-refractivity contribution in [2.45, 2.75) is 0 Å². The maximum Gasteiger partial charge on any atom is 0.160 e. The van der Waals surface area contributed by atoms with Gasteiger partial charge in [0.2, 0.25) is 0 Å². The van der Waals surface area contributed by atoms with E-state index in [0.717, 1.165) is 6.20 Å². The van der Waals surface area contributed by atoms with Crippen LogP contribution in [0.25, 0.3) is 0 Å². The Morgan fingerprint density at radius 3 is 3.00 bits per heavy atom. The average molecular weight is 173 g/mol. The molecule has 0 fully saturated rings. The van der Waals surface area contributed by atoms with E-state index in [1.807, 2.05) is 0 Å². The van der Waals surface area contributed by atoms with Crippen molar-refractivity contribution in [1.82, 2.24) is 4.98 Å². The summed E-state index contributed by atoms with van der Waals surface area (Å²) in [6.45, 7) is 0. The summed E-state index contributed by atoms with van der Waals surface area (Å²) in [6, 6.07) is 0. The fourth-order valence-electron chi connectivity index (χ4n) is 0.663. The summed E-state index contributed by atoms with van der Waals surface area (Å²) in [6.07, 6.45) is 3.98. The molecule has 0 aliphatic carbocycles. The summed E-state index contributed by atoms with van der Waals surface area (Å²) in [5.41, 5.74) is 0.495. The molecule has 4 heteroatoms. The Kier molecular flexibility index (Phi) is 2.54. The molecule has 1 heterocycles. The molecule has 58 valence electrons. The minimum Gasteiger partial charge on any atom is -0.296 e. The van der Waals surface area contributed by atoms with Gasteiger partial charge in [-0.2, -0.15) is 0 Å². The van der Waals surface area contributed by atoms with Gasteiger partial charge in [-0.3, -0.25) is 9.98 Å². The molecular weight excluding hydrogens is 167 g/mol. The fraction of sp³-hybridized carbons (Fsp3) is 0.143. The predicted molar refractivity (Wildman–Crippen MR) is 42.7 cm³/mol. The lowest BCUT2D eigenvalue weighted by atomic mass is 10.3. The maximum atomic E-state index is 12.6. The number of aliphatic imine (C=N–C) groups is 1. The summed E-state index contributed by atoms with van der Waals surface area (Å²) in [4.78, 5) is 7.30. The second-order valence-corrected chi connectivity index (χ2v) is 2.29. The van der Waals surface area contributed by atoms with E-state index in [-0.39, 0.29) is 5.02 Å². The highest BCUT2D eigenvalue weighted by atomic mass is 35.5. The zero-order valence-electron chi connectivity index (χ0n) is 5.88. The maximum absolute atomic E-state index is 12.6. The molecule has 0 aliphatic rings. The standard InChI is InChI=1S/C7H6ClFN2/c1-10-2-5-3-11-4-6(9)7(5)8/h2-4H,1H3. The molecule has 0 aliphatic heterocycles. The quantitative estimate of drug-likeness (QED) is 0.595. The Hall–Kier alpha value is -0.960. The SMILES string of the molecule is CN=Cc1cncc(F)c1Cl. The van der Waals surface area contributed by atoms with Crippen LogP contribution in [0.5, 0.6) is 0 Å². The van der Waals surface area contributed by atoms with E-state index in [0.29, 0.717) is 5.56 Å². The van der Waals surface area contributed by atoms with Gasteiger partial charge in [0.15, 0.2) is 5.82 Å². The van der Waals surface area contributed by atoms with Crippen LogP contribution in [-0.4, -0.2) is 18.2 Å². The highest BCUT2D eigenvalue weighted by molar-refractivity contribution is 6.33. The highest BCUT2D eigenvalue weighted by Gasteiger charge is 2.02. The Labute approximate surface area is 68.7 Å². The lowest BCUT2D eigenvalue weighted by Crippen LogP contribution is -1.88. The van der Waals surface area contributed by atoms with Crippen LogP contribution in [0.1, 0.15) is 5.56 Å². The molecule has 11 heavy (non-hydrogen) atoms. The van der Waals surface area contributed by atoms with Gasteiger partial charge in [-0.1, -0.05) is 11.6 Å². The van der Waals surface area contributed by atoms with Gasteiger partial charge < -0.3 is 0 Å². The molecule has 0 unspecified atom stereocenters. The van der Waals surface area contributed by atoms with Gasteiger partial charge in [0.05, 0.1) is 11.2 Å². The molecule has 0 saturated heterocycles. The molecule has 2 nitrogen and oxygen atoms in total. The smallest absolute Gasteiger partial charge is 0.160 e. The number of hydrogen-bond acceptors (Lipinski definition) is 2. The van der Waals surface area contributed by atoms with Crippen molar-refractivity contribution < 1.29 is 4.39 Å². The first-order chi connectivity index (χ1) is 5.25. The number of rotatable bonds is 1. The lowest BCUT2D eigenvalue weighted by molar-refractivity contribution is 0.621. The van der Waals surface area contributed by atoms with Crippen LogP contribution in [0.2, 0.25) is 5.02 Å². The first-order valence-electron chi connectivity index (χ1n) is 2.97. The van der Waals surface area contributed by atoms with Gasteiger partial charge in [0.1, 0.15) is 0 Å². The van der Waals surface area contributed by atoms with Crippen molar-refractivity contribution >= 4 is 17.8 Å². The second kappa shape index (κ2) is 3.44. The van der Waals surface area contributed by atoms with Gasteiger partial charge in [-0.05, 0) is 0 Å². The molecule has 0 spiro atoms. The Bertz CT molecular complexity index is 286. The minimum absolute atomic E-state index is 0.0607. The van der Waals surface area contributed by atoms with Crippen molar-refractivity contribution in [3.8, 4) is 0 Å². The van der Waals surface area contributed by atoms with Crippen molar-refractivity contribution in [2.75, 3.05) is 7.05 Å². The Morgan fingerprint density at radius 2 is 2.36 bits per heavy atom. The molecule has 0 amide bonds. The van der Waals surface area contributed by atoms with Gasteiger partial charge in [-0.15, -0.1) is 0 Å². The third-order valence-electron chi connectivity index (χ3n) is 1.13. The summed E-state index contributed by atoms with van der Waals surface area (Å²) >= 11 is 5.57. The van der Waals surface area contributed by atoms with Gasteiger partial charge in [0.25, 0.3) is 0 Å². The van der Waals surface area contributed by atoms with E-state index in [9.17, 15) is 4.39 Å². The molecule has 0 radical (unpaired) electrons. The van der Waals surface area contributed by atoms with Gasteiger partial charge >= 0.3 is 0 Å². The normalized spacial score (nSPS) is 10.8. The fourth-order valence-corrected chi connectivity index (χ4v) is 0.810. The number of nitrogens with zero attached hydrogens (tertiary/aromatic N) is 2. The molecule has 1 aromatic rings. The summed E-state index contributed by atoms with van der Waals surface area (Å²) < 4.78 is 12.6. The van der Waals surface area contributed by atoms with E-state index in [1.165, 1.54) is 12.4 Å². The molecule has 0 saturated carbocycles. The molecular formula is C7H6ClFN2. The summed E-state index contributed by atoms with van der Waals surface area (Å²) in [5, 5.41) is 0.0607. The van der Waals surface area contributed by atoms with Crippen LogP contribution in [0.3, 0.4) is 0 Å². The van der Waals surface area contributed by atoms with Crippen LogP contribution in [-0.2, 0) is 0 Å². The highest BCUT2D eigenvalue weighted by Crippen LogP contribution is 2.15. The zero-order chi connectivity index (χ0) is 8.27. The number of hydrogen-bond donors (Lipinski definition) is 0. The van der Waals surface area contributed by atoms with E-state index in [4.69, 9.17) is 11.6 Å². The lowest BCUT2D eigenvalue weighted by Gasteiger charge is -1.95. The van der Waals surface area contributed by atoms with Gasteiger partial charge in [-0.25, -0.2) is 4.39 Å². The Morgan fingerprint density at radius 1 is 1.64 bits per heavy atom. The number of aromatic nitrogens is 1. The average Bonchev–Trinajstić information content (AvgIpc) is 1.99. The van der Waals surface area contributed by atoms with Crippen LogP contribution in [0, 0.1) is 5.82 Å². The van der Waals surface area contributed by atoms with Crippen LogP contribution in [0.4, 0.5) is 4.39 Å². The minimum atomic E-state index is -0.524. The third-order valence-corrected chi connectivity index (χ3v) is 1.53. The van der Waals surface area contributed by atoms with Crippen molar-refractivity contribution in [1.29, 1.82) is 0 Å². The number of halogens is 2. The first kappa shape index (κ1) is 8.14. The third kappa shape index (κ3) is 1.74. The molecule has 0 N–H and O–H groups in total. The van der Waals surface area contributed by atoms with Crippen molar-refractivity contribution in [3.05, 3.63) is 28.8 Å². The zero-order valence-corrected chi connectivity index (χ0v) is 6.64. The van der Waals surface area contributed by atoms with E-state index in [1.54, 1.807) is 7.05 Å². The van der Waals surface area contributed by atoms with Gasteiger partial charge in [0, 0.05) is 25.0 Å². The van der Waals surface area contributed by atoms with Crippen molar-refractivity contribution in [3.63, 3.8) is 0 Å². The molecule has 0 aromatic carbocycles. The van der Waals surface area contributed by atoms with Crippen LogP contribution < -0.4 is 0 Å². The molecule has 0 bridgehead atoms. The monoisotopic (exact) mass is 172 g/mol. The Balaban J connectivity index is 3.16.